The van der Waals surface area contributed by atoms with Crippen molar-refractivity contribution in [1.82, 2.24) is 4.57 Å². The molecule has 3 aromatic rings. The molecule has 0 aliphatic rings. The molecule has 3 rings (SSSR count). The first-order valence-electron chi connectivity index (χ1n) is 10.5. The summed E-state index contributed by atoms with van der Waals surface area (Å²) in [5, 5.41) is 10.6. The van der Waals surface area contributed by atoms with Crippen molar-refractivity contribution in [2.75, 3.05) is 0 Å². The van der Waals surface area contributed by atoms with Crippen LogP contribution in [0.25, 0.3) is 10.9 Å². The van der Waals surface area contributed by atoms with E-state index in [2.05, 4.69) is 38.6 Å². The maximum atomic E-state index is 13.4. The van der Waals surface area contributed by atoms with Gasteiger partial charge >= 0.3 is 6.36 Å². The molecule has 0 radical (unpaired) electrons. The molecule has 182 valence electrons. The van der Waals surface area contributed by atoms with Gasteiger partial charge in [-0.3, -0.25) is 14.2 Å². The van der Waals surface area contributed by atoms with Crippen LogP contribution in [-0.2, 0) is 0 Å². The molecule has 0 unspecified atom stereocenters. The maximum absolute atomic E-state index is 13.4. The van der Waals surface area contributed by atoms with Crippen molar-refractivity contribution in [2.24, 2.45) is 0 Å². The van der Waals surface area contributed by atoms with Gasteiger partial charge in [-0.2, -0.15) is 0 Å². The third kappa shape index (κ3) is 4.96. The fourth-order valence-corrected chi connectivity index (χ4v) is 4.31. The van der Waals surface area contributed by atoms with E-state index in [9.17, 15) is 27.9 Å². The van der Waals surface area contributed by atoms with Crippen molar-refractivity contribution in [3.63, 3.8) is 0 Å². The van der Waals surface area contributed by atoms with Crippen molar-refractivity contribution in [3.05, 3.63) is 53.6 Å². The number of ether oxygens (including phenoxy) is 1. The molecule has 0 fully saturated rings. The Balaban J connectivity index is 2.13. The fraction of sp³-hybridized carbons (Fsp3) is 0.333. The molecule has 1 N–H and O–H groups in total. The smallest absolute Gasteiger partial charge is 0.543 e. The van der Waals surface area contributed by atoms with Gasteiger partial charge in [-0.25, -0.2) is 0 Å². The molecule has 0 saturated carbocycles. The zero-order valence-corrected chi connectivity index (χ0v) is 20.7. The average Bonchev–Trinajstić information content (AvgIpc) is 2.96. The number of alkyl halides is 3. The quantitative estimate of drug-likeness (QED) is 0.323. The molecule has 0 aliphatic carbocycles. The molecule has 0 amide bonds. The van der Waals surface area contributed by atoms with E-state index >= 15 is 0 Å². The number of hydrogen-bond donors (Lipinski definition) is 1. The van der Waals surface area contributed by atoms with Crippen LogP contribution in [0.5, 0.6) is 17.4 Å². The van der Waals surface area contributed by atoms with Gasteiger partial charge in [0.25, 0.3) is 0 Å². The monoisotopic (exact) mass is 493 g/mol. The Labute approximate surface area is 196 Å². The normalized spacial score (nSPS) is 12.6. The molecule has 2 aromatic carbocycles. The number of fused-ring (bicyclic) bond motifs is 1. The zero-order chi connectivity index (χ0) is 25.6. The number of hydrogen-bond acceptors (Lipinski definition) is 5. The standard InChI is InChI=1S/C24H26F3NO5Si/c1-14(29)28-19-11-10-16(32-24(25,26)27)13-18(19)20(22(28)31)21(30)15-8-7-9-17(12-15)33-34(5,6)23(2,3)4/h7-13,31H,1-6H3. The van der Waals surface area contributed by atoms with Crippen molar-refractivity contribution in [3.8, 4) is 17.4 Å². The predicted octanol–water partition coefficient (Wildman–Crippen LogP) is 6.52. The average molecular weight is 494 g/mol. The predicted molar refractivity (Wildman–Crippen MR) is 124 cm³/mol. The molecule has 1 heterocycles. The van der Waals surface area contributed by atoms with Crippen LogP contribution in [0, 0.1) is 0 Å². The summed E-state index contributed by atoms with van der Waals surface area (Å²) in [4.78, 5) is 25.6. The van der Waals surface area contributed by atoms with Crippen molar-refractivity contribution >= 4 is 30.9 Å². The summed E-state index contributed by atoms with van der Waals surface area (Å²) in [7, 11) is -2.21. The SMILES string of the molecule is CC(=O)n1c(O)c(C(=O)c2cccc(O[Si](C)(C)C(C)(C)C)c2)c2cc(OC(F)(F)F)ccc21. The first-order chi connectivity index (χ1) is 15.5. The molecule has 10 heteroatoms. The van der Waals surface area contributed by atoms with Gasteiger partial charge in [0.05, 0.1) is 11.1 Å². The van der Waals surface area contributed by atoms with Crippen LogP contribution in [0.1, 0.15) is 48.4 Å². The summed E-state index contributed by atoms with van der Waals surface area (Å²) < 4.78 is 49.3. The molecule has 0 aliphatic heterocycles. The Morgan fingerprint density at radius 3 is 2.21 bits per heavy atom. The van der Waals surface area contributed by atoms with Crippen molar-refractivity contribution < 1.29 is 37.0 Å². The summed E-state index contributed by atoms with van der Waals surface area (Å²) in [6.45, 7) is 11.5. The van der Waals surface area contributed by atoms with Gasteiger partial charge in [0, 0.05) is 17.9 Å². The highest BCUT2D eigenvalue weighted by Gasteiger charge is 2.39. The lowest BCUT2D eigenvalue weighted by molar-refractivity contribution is -0.274. The van der Waals surface area contributed by atoms with E-state index in [1.165, 1.54) is 25.1 Å². The maximum Gasteiger partial charge on any atom is 0.573 e. The minimum Gasteiger partial charge on any atom is -0.543 e. The van der Waals surface area contributed by atoms with Gasteiger partial charge in [0.2, 0.25) is 20.1 Å². The number of carbonyl (C=O) groups is 2. The Hall–Kier alpha value is -3.27. The number of ketones is 1. The van der Waals surface area contributed by atoms with E-state index in [0.717, 1.165) is 16.7 Å². The molecule has 0 atom stereocenters. The lowest BCUT2D eigenvalue weighted by Gasteiger charge is -2.36. The molecule has 0 saturated heterocycles. The largest absolute Gasteiger partial charge is 0.573 e. The van der Waals surface area contributed by atoms with Gasteiger partial charge < -0.3 is 14.3 Å². The van der Waals surface area contributed by atoms with Crippen molar-refractivity contribution in [1.29, 1.82) is 0 Å². The van der Waals surface area contributed by atoms with Crippen LogP contribution in [0.15, 0.2) is 42.5 Å². The van der Waals surface area contributed by atoms with Gasteiger partial charge in [-0.05, 0) is 48.5 Å². The van der Waals surface area contributed by atoms with E-state index in [1.54, 1.807) is 12.1 Å². The Bertz CT molecular complexity index is 1270. The summed E-state index contributed by atoms with van der Waals surface area (Å²) in [6, 6.07) is 9.54. The van der Waals surface area contributed by atoms with Crippen LogP contribution in [-0.4, -0.2) is 36.0 Å². The lowest BCUT2D eigenvalue weighted by atomic mass is 10.0. The third-order valence-corrected chi connectivity index (χ3v) is 10.3. The number of nitrogens with zero attached hydrogens (tertiary/aromatic N) is 1. The third-order valence-electron chi connectivity index (χ3n) is 5.96. The van der Waals surface area contributed by atoms with E-state index < -0.39 is 38.0 Å². The first-order valence-corrected chi connectivity index (χ1v) is 13.4. The summed E-state index contributed by atoms with van der Waals surface area (Å²) in [5.74, 6) is -2.06. The molecule has 0 spiro atoms. The minimum atomic E-state index is -4.95. The Morgan fingerprint density at radius 1 is 1.00 bits per heavy atom. The van der Waals surface area contributed by atoms with Crippen LogP contribution in [0.3, 0.4) is 0 Å². The number of aromatic nitrogens is 1. The lowest BCUT2D eigenvalue weighted by Crippen LogP contribution is -2.43. The Kier molecular flexibility index (Phi) is 6.34. The second-order valence-corrected chi connectivity index (χ2v) is 14.2. The number of carbonyl (C=O) groups excluding carboxylic acids is 2. The van der Waals surface area contributed by atoms with Crippen LogP contribution in [0.4, 0.5) is 13.2 Å². The number of halogens is 3. The van der Waals surface area contributed by atoms with E-state index in [1.807, 2.05) is 0 Å². The Morgan fingerprint density at radius 2 is 1.65 bits per heavy atom. The molecular formula is C24H26F3NO5Si. The second-order valence-electron chi connectivity index (χ2n) is 9.50. The molecule has 6 nitrogen and oxygen atoms in total. The highest BCUT2D eigenvalue weighted by atomic mass is 28.4. The minimum absolute atomic E-state index is 0.0461. The second kappa shape index (κ2) is 8.50. The molecular weight excluding hydrogens is 467 g/mol. The molecule has 34 heavy (non-hydrogen) atoms. The highest BCUT2D eigenvalue weighted by molar-refractivity contribution is 6.74. The van der Waals surface area contributed by atoms with E-state index in [0.29, 0.717) is 5.75 Å². The summed E-state index contributed by atoms with van der Waals surface area (Å²) in [5.41, 5.74) is -0.0740. The highest BCUT2D eigenvalue weighted by Crippen LogP contribution is 2.39. The first kappa shape index (κ1) is 25.4. The summed E-state index contributed by atoms with van der Waals surface area (Å²) in [6.07, 6.45) is -4.95. The molecule has 1 aromatic heterocycles. The van der Waals surface area contributed by atoms with Crippen molar-refractivity contribution in [2.45, 2.75) is 52.2 Å². The number of benzene rings is 2. The van der Waals surface area contributed by atoms with E-state index in [4.69, 9.17) is 4.43 Å². The summed E-state index contributed by atoms with van der Waals surface area (Å²) >= 11 is 0. The zero-order valence-electron chi connectivity index (χ0n) is 19.7. The van der Waals surface area contributed by atoms with Crippen LogP contribution < -0.4 is 9.16 Å². The number of rotatable bonds is 5. The topological polar surface area (TPSA) is 77.8 Å². The van der Waals surface area contributed by atoms with Gasteiger partial charge in [-0.15, -0.1) is 13.2 Å². The van der Waals surface area contributed by atoms with Crippen LogP contribution >= 0.6 is 0 Å². The van der Waals surface area contributed by atoms with E-state index in [-0.39, 0.29) is 27.1 Å². The fourth-order valence-electron chi connectivity index (χ4n) is 3.29. The molecule has 0 bridgehead atoms. The van der Waals surface area contributed by atoms with Gasteiger partial charge in [0.1, 0.15) is 11.5 Å². The van der Waals surface area contributed by atoms with Gasteiger partial charge in [-0.1, -0.05) is 32.9 Å². The number of aromatic hydroxyl groups is 1. The van der Waals surface area contributed by atoms with Gasteiger partial charge in [0.15, 0.2) is 5.78 Å². The van der Waals surface area contributed by atoms with Crippen LogP contribution in [0.2, 0.25) is 18.1 Å².